The molecule has 0 amide bonds. The average Bonchev–Trinajstić information content (AvgIpc) is 3.35. The molecule has 8 nitrogen and oxygen atoms in total. The summed E-state index contributed by atoms with van der Waals surface area (Å²) in [4.78, 5) is 19.1. The average molecular weight is 453 g/mol. The molecular weight excluding hydrogens is 428 g/mol. The Morgan fingerprint density at radius 3 is 2.81 bits per heavy atom. The SMILES string of the molecule is CC(C)n1cnc2c(N3CC4(C=CCO4)C3)nc(N3CCOc4ccc(Cl)cc4C3)nc21. The van der Waals surface area contributed by atoms with Crippen molar-refractivity contribution in [2.45, 2.75) is 32.0 Å². The van der Waals surface area contributed by atoms with E-state index in [2.05, 4.69) is 45.4 Å². The van der Waals surface area contributed by atoms with Gasteiger partial charge in [0.2, 0.25) is 5.95 Å². The number of imidazole rings is 1. The minimum Gasteiger partial charge on any atom is -0.491 e. The first kappa shape index (κ1) is 19.8. The highest BCUT2D eigenvalue weighted by Gasteiger charge is 2.45. The highest BCUT2D eigenvalue weighted by atomic mass is 35.5. The van der Waals surface area contributed by atoms with Crippen molar-refractivity contribution in [1.29, 1.82) is 0 Å². The smallest absolute Gasteiger partial charge is 0.229 e. The minimum atomic E-state index is -0.190. The molecule has 0 N–H and O–H groups in total. The van der Waals surface area contributed by atoms with Crippen molar-refractivity contribution in [1.82, 2.24) is 19.5 Å². The van der Waals surface area contributed by atoms with E-state index in [1.165, 1.54) is 0 Å². The Labute approximate surface area is 191 Å². The molecule has 0 aliphatic carbocycles. The van der Waals surface area contributed by atoms with E-state index in [0.29, 0.717) is 37.3 Å². The standard InChI is InChI=1S/C23H25ClN6O2/c1-15(2)30-14-25-19-20(29-12-23(13-29)6-3-8-32-23)26-22(27-21(19)30)28-7-9-31-18-5-4-17(24)10-16(18)11-28/h3-6,10,14-15H,7-9,11-13H2,1-2H3. The molecule has 166 valence electrons. The lowest BCUT2D eigenvalue weighted by atomic mass is 9.94. The molecule has 1 aromatic carbocycles. The van der Waals surface area contributed by atoms with Gasteiger partial charge in [0.1, 0.15) is 18.0 Å². The molecule has 6 rings (SSSR count). The van der Waals surface area contributed by atoms with Crippen LogP contribution >= 0.6 is 11.6 Å². The summed E-state index contributed by atoms with van der Waals surface area (Å²) in [5, 5.41) is 0.694. The van der Waals surface area contributed by atoms with Crippen molar-refractivity contribution in [3.63, 3.8) is 0 Å². The van der Waals surface area contributed by atoms with E-state index in [-0.39, 0.29) is 11.6 Å². The summed E-state index contributed by atoms with van der Waals surface area (Å²) < 4.78 is 14.0. The number of benzene rings is 1. The molecule has 0 bridgehead atoms. The maximum absolute atomic E-state index is 6.25. The van der Waals surface area contributed by atoms with E-state index < -0.39 is 0 Å². The zero-order valence-corrected chi connectivity index (χ0v) is 18.9. The van der Waals surface area contributed by atoms with Gasteiger partial charge in [0.25, 0.3) is 0 Å². The fourth-order valence-corrected chi connectivity index (χ4v) is 4.83. The second kappa shape index (κ2) is 7.35. The van der Waals surface area contributed by atoms with E-state index in [0.717, 1.165) is 41.4 Å². The summed E-state index contributed by atoms with van der Waals surface area (Å²) in [7, 11) is 0. The van der Waals surface area contributed by atoms with E-state index >= 15 is 0 Å². The van der Waals surface area contributed by atoms with Crippen LogP contribution in [0, 0.1) is 0 Å². The number of hydrogen-bond donors (Lipinski definition) is 0. The molecule has 0 radical (unpaired) electrons. The van der Waals surface area contributed by atoms with Crippen molar-refractivity contribution >= 4 is 34.5 Å². The van der Waals surface area contributed by atoms with Crippen LogP contribution in [0.5, 0.6) is 5.75 Å². The molecule has 5 heterocycles. The van der Waals surface area contributed by atoms with Gasteiger partial charge in [-0.05, 0) is 32.0 Å². The summed E-state index contributed by atoms with van der Waals surface area (Å²) in [5.74, 6) is 2.39. The summed E-state index contributed by atoms with van der Waals surface area (Å²) in [6, 6.07) is 5.98. The fraction of sp³-hybridized carbons (Fsp3) is 0.435. The lowest BCUT2D eigenvalue weighted by Crippen LogP contribution is -2.61. The zero-order valence-electron chi connectivity index (χ0n) is 18.2. The second-order valence-corrected chi connectivity index (χ2v) is 9.36. The lowest BCUT2D eigenvalue weighted by Gasteiger charge is -2.46. The number of ether oxygens (including phenoxy) is 2. The van der Waals surface area contributed by atoms with Gasteiger partial charge in [-0.1, -0.05) is 23.8 Å². The molecule has 0 atom stereocenters. The molecular formula is C23H25ClN6O2. The number of anilines is 2. The third kappa shape index (κ3) is 3.20. The number of hydrogen-bond acceptors (Lipinski definition) is 7. The van der Waals surface area contributed by atoms with Gasteiger partial charge in [-0.25, -0.2) is 4.98 Å². The van der Waals surface area contributed by atoms with Gasteiger partial charge in [-0.2, -0.15) is 9.97 Å². The molecule has 3 aliphatic rings. The van der Waals surface area contributed by atoms with Gasteiger partial charge in [0.15, 0.2) is 17.0 Å². The van der Waals surface area contributed by atoms with Crippen molar-refractivity contribution in [3.8, 4) is 5.75 Å². The normalized spacial score (nSPS) is 19.4. The summed E-state index contributed by atoms with van der Waals surface area (Å²) in [6.07, 6.45) is 6.12. The van der Waals surface area contributed by atoms with Crippen LogP contribution in [0.15, 0.2) is 36.7 Å². The predicted molar refractivity (Wildman–Crippen MR) is 124 cm³/mol. The molecule has 1 spiro atoms. The summed E-state index contributed by atoms with van der Waals surface area (Å²) in [6.45, 7) is 8.36. The molecule has 0 unspecified atom stereocenters. The molecule has 9 heteroatoms. The third-order valence-corrected chi connectivity index (χ3v) is 6.57. The Hall–Kier alpha value is -2.84. The maximum atomic E-state index is 6.25. The molecule has 3 aliphatic heterocycles. The largest absolute Gasteiger partial charge is 0.491 e. The number of aromatic nitrogens is 4. The summed E-state index contributed by atoms with van der Waals surface area (Å²) in [5.41, 5.74) is 2.52. The number of rotatable bonds is 3. The topological polar surface area (TPSA) is 68.5 Å². The van der Waals surface area contributed by atoms with Crippen molar-refractivity contribution in [3.05, 3.63) is 47.3 Å². The number of nitrogens with zero attached hydrogens (tertiary/aromatic N) is 6. The van der Waals surface area contributed by atoms with Crippen LogP contribution in [0.25, 0.3) is 11.2 Å². The van der Waals surface area contributed by atoms with Gasteiger partial charge < -0.3 is 23.8 Å². The molecule has 1 fully saturated rings. The monoisotopic (exact) mass is 452 g/mol. The van der Waals surface area contributed by atoms with Crippen LogP contribution in [-0.4, -0.2) is 58.0 Å². The van der Waals surface area contributed by atoms with E-state index in [1.807, 2.05) is 24.5 Å². The van der Waals surface area contributed by atoms with E-state index in [1.54, 1.807) is 0 Å². The Kier molecular flexibility index (Phi) is 4.55. The highest BCUT2D eigenvalue weighted by molar-refractivity contribution is 6.30. The van der Waals surface area contributed by atoms with Crippen LogP contribution in [0.1, 0.15) is 25.5 Å². The molecule has 3 aromatic rings. The Morgan fingerprint density at radius 1 is 1.16 bits per heavy atom. The van der Waals surface area contributed by atoms with Crippen molar-refractivity contribution in [2.75, 3.05) is 42.6 Å². The first-order valence-corrected chi connectivity index (χ1v) is 11.4. The van der Waals surface area contributed by atoms with Gasteiger partial charge >= 0.3 is 0 Å². The number of halogens is 1. The van der Waals surface area contributed by atoms with Crippen molar-refractivity contribution < 1.29 is 9.47 Å². The zero-order chi connectivity index (χ0) is 21.9. The van der Waals surface area contributed by atoms with Gasteiger partial charge in [0.05, 0.1) is 32.6 Å². The van der Waals surface area contributed by atoms with Crippen LogP contribution in [0.3, 0.4) is 0 Å². The molecule has 32 heavy (non-hydrogen) atoms. The van der Waals surface area contributed by atoms with Gasteiger partial charge in [-0.3, -0.25) is 0 Å². The van der Waals surface area contributed by atoms with Crippen molar-refractivity contribution in [2.24, 2.45) is 0 Å². The minimum absolute atomic E-state index is 0.190. The maximum Gasteiger partial charge on any atom is 0.229 e. The Bertz CT molecular complexity index is 1220. The molecule has 0 saturated carbocycles. The third-order valence-electron chi connectivity index (χ3n) is 6.34. The number of fused-ring (bicyclic) bond motifs is 2. The second-order valence-electron chi connectivity index (χ2n) is 8.92. The first-order chi connectivity index (χ1) is 15.5. The Balaban J connectivity index is 1.41. The molecule has 1 saturated heterocycles. The predicted octanol–water partition coefficient (Wildman–Crippen LogP) is 3.60. The van der Waals surface area contributed by atoms with E-state index in [9.17, 15) is 0 Å². The first-order valence-electron chi connectivity index (χ1n) is 11.0. The van der Waals surface area contributed by atoms with E-state index in [4.69, 9.17) is 31.0 Å². The van der Waals surface area contributed by atoms with Crippen LogP contribution in [0.4, 0.5) is 11.8 Å². The Morgan fingerprint density at radius 2 is 2.03 bits per heavy atom. The fourth-order valence-electron chi connectivity index (χ4n) is 4.64. The van der Waals surface area contributed by atoms with Crippen LogP contribution < -0.4 is 14.5 Å². The summed E-state index contributed by atoms with van der Waals surface area (Å²) >= 11 is 6.25. The lowest BCUT2D eigenvalue weighted by molar-refractivity contribution is 0.00370. The van der Waals surface area contributed by atoms with Crippen LogP contribution in [-0.2, 0) is 11.3 Å². The van der Waals surface area contributed by atoms with Crippen LogP contribution in [0.2, 0.25) is 5.02 Å². The highest BCUT2D eigenvalue weighted by Crippen LogP contribution is 2.37. The van der Waals surface area contributed by atoms with Gasteiger partial charge in [-0.15, -0.1) is 0 Å². The van der Waals surface area contributed by atoms with Gasteiger partial charge in [0, 0.05) is 23.2 Å². The quantitative estimate of drug-likeness (QED) is 0.562. The molecule has 2 aromatic heterocycles.